The zero-order valence-corrected chi connectivity index (χ0v) is 26.2. The van der Waals surface area contributed by atoms with Crippen molar-refractivity contribution in [2.75, 3.05) is 7.11 Å². The van der Waals surface area contributed by atoms with Crippen LogP contribution in [0.5, 0.6) is 17.2 Å². The van der Waals surface area contributed by atoms with Crippen LogP contribution in [-0.4, -0.2) is 37.3 Å². The van der Waals surface area contributed by atoms with Crippen molar-refractivity contribution in [2.24, 2.45) is 5.10 Å². The molecule has 11 heteroatoms. The van der Waals surface area contributed by atoms with Gasteiger partial charge in [-0.15, -0.1) is 0 Å². The Morgan fingerprint density at radius 2 is 1.57 bits per heavy atom. The van der Waals surface area contributed by atoms with Crippen LogP contribution in [-0.2, 0) is 22.6 Å². The van der Waals surface area contributed by atoms with E-state index in [4.69, 9.17) is 49.0 Å². The number of hydrogen-bond acceptors (Lipinski definition) is 6. The third kappa shape index (κ3) is 9.38. The number of hydrazone groups is 1. The first-order valence-electron chi connectivity index (χ1n) is 13.6. The zero-order chi connectivity index (χ0) is 31.5. The summed E-state index contributed by atoms with van der Waals surface area (Å²) < 4.78 is 17.1. The summed E-state index contributed by atoms with van der Waals surface area (Å²) in [5, 5.41) is 8.18. The predicted octanol–water partition coefficient (Wildman–Crippen LogP) is 6.88. The lowest BCUT2D eigenvalue weighted by Crippen LogP contribution is -2.50. The van der Waals surface area contributed by atoms with Crippen LogP contribution >= 0.6 is 34.8 Å². The fourth-order valence-corrected chi connectivity index (χ4v) is 4.71. The maximum atomic E-state index is 13.2. The monoisotopic (exact) mass is 653 g/mol. The van der Waals surface area contributed by atoms with Crippen LogP contribution in [0.15, 0.2) is 96.1 Å². The van der Waals surface area contributed by atoms with E-state index in [0.29, 0.717) is 32.9 Å². The van der Waals surface area contributed by atoms with Gasteiger partial charge in [-0.3, -0.25) is 9.59 Å². The minimum atomic E-state index is -0.950. The topological polar surface area (TPSA) is 98.2 Å². The van der Waals surface area contributed by atoms with Crippen molar-refractivity contribution in [1.82, 2.24) is 10.7 Å². The molecule has 0 aliphatic heterocycles. The zero-order valence-electron chi connectivity index (χ0n) is 23.9. The largest absolute Gasteiger partial charge is 0.493 e. The van der Waals surface area contributed by atoms with Crippen LogP contribution in [0.3, 0.4) is 0 Å². The molecule has 4 aromatic rings. The molecule has 0 saturated heterocycles. The van der Waals surface area contributed by atoms with E-state index in [1.54, 1.807) is 43.3 Å². The lowest BCUT2D eigenvalue weighted by molar-refractivity contribution is -0.132. The summed E-state index contributed by atoms with van der Waals surface area (Å²) in [5.41, 5.74) is 4.86. The Kier molecular flexibility index (Phi) is 11.9. The number of benzene rings is 4. The summed E-state index contributed by atoms with van der Waals surface area (Å²) >= 11 is 18.4. The van der Waals surface area contributed by atoms with E-state index in [9.17, 15) is 9.59 Å². The molecule has 0 aliphatic rings. The van der Waals surface area contributed by atoms with Gasteiger partial charge in [-0.25, -0.2) is 5.43 Å². The van der Waals surface area contributed by atoms with Crippen molar-refractivity contribution in [3.63, 3.8) is 0 Å². The number of ether oxygens (including phenoxy) is 3. The summed E-state index contributed by atoms with van der Waals surface area (Å²) in [5.74, 6) is 0.282. The van der Waals surface area contributed by atoms with Crippen LogP contribution in [0.2, 0.25) is 15.1 Å². The molecule has 8 nitrogen and oxygen atoms in total. The Morgan fingerprint density at radius 1 is 0.841 bits per heavy atom. The van der Waals surface area contributed by atoms with Crippen LogP contribution < -0.4 is 25.0 Å². The fourth-order valence-electron chi connectivity index (χ4n) is 4.07. The third-order valence-electron chi connectivity index (χ3n) is 6.40. The SMILES string of the molecule is COc1cc(/C=N\NC(=O)[C@@H](Cc2ccccc2)NC(=O)[C@@H](C)Oc2ccc(Cl)cc2Cl)ccc1OCc1ccccc1Cl. The van der Waals surface area contributed by atoms with Gasteiger partial charge in [-0.2, -0.15) is 5.10 Å². The van der Waals surface area contributed by atoms with Gasteiger partial charge < -0.3 is 19.5 Å². The Hall–Kier alpha value is -4.24. The van der Waals surface area contributed by atoms with E-state index in [0.717, 1.165) is 11.1 Å². The van der Waals surface area contributed by atoms with Gasteiger partial charge in [-0.1, -0.05) is 83.3 Å². The van der Waals surface area contributed by atoms with E-state index >= 15 is 0 Å². The molecule has 2 amide bonds. The summed E-state index contributed by atoms with van der Waals surface area (Å²) in [6.07, 6.45) is 0.746. The van der Waals surface area contributed by atoms with E-state index < -0.39 is 24.0 Å². The molecular formula is C33H30Cl3N3O5. The van der Waals surface area contributed by atoms with Crippen molar-refractivity contribution in [2.45, 2.75) is 32.1 Å². The number of hydrogen-bond donors (Lipinski definition) is 2. The first kappa shape index (κ1) is 32.7. The van der Waals surface area contributed by atoms with Crippen LogP contribution in [0.25, 0.3) is 0 Å². The lowest BCUT2D eigenvalue weighted by Gasteiger charge is -2.21. The molecule has 4 rings (SSSR count). The molecule has 228 valence electrons. The highest BCUT2D eigenvalue weighted by atomic mass is 35.5. The summed E-state index contributed by atoms with van der Waals surface area (Å²) in [6.45, 7) is 1.83. The van der Waals surface area contributed by atoms with Gasteiger partial charge in [0, 0.05) is 22.0 Å². The number of rotatable bonds is 13. The summed E-state index contributed by atoms with van der Waals surface area (Å²) in [6, 6.07) is 25.7. The van der Waals surface area contributed by atoms with Gasteiger partial charge in [0.1, 0.15) is 18.4 Å². The Bertz CT molecular complexity index is 1620. The molecule has 0 spiro atoms. The predicted molar refractivity (Wildman–Crippen MR) is 173 cm³/mol. The number of nitrogens with one attached hydrogen (secondary N) is 2. The molecule has 4 aromatic carbocycles. The maximum Gasteiger partial charge on any atom is 0.262 e. The average molecular weight is 655 g/mol. The number of methoxy groups -OCH3 is 1. The smallest absolute Gasteiger partial charge is 0.262 e. The highest BCUT2D eigenvalue weighted by molar-refractivity contribution is 6.35. The average Bonchev–Trinajstić information content (AvgIpc) is 3.02. The van der Waals surface area contributed by atoms with Crippen molar-refractivity contribution in [3.05, 3.63) is 123 Å². The standard InChI is InChI=1S/C33H30Cl3N3O5/c1-21(44-29-15-13-25(34)18-27(29)36)32(40)38-28(16-22-8-4-3-5-9-22)33(41)39-37-19-23-12-14-30(31(17-23)42-2)43-20-24-10-6-7-11-26(24)35/h3-15,17-19,21,28H,16,20H2,1-2H3,(H,38,40)(H,39,41)/b37-19-/t21-,28-/m1/s1. The van der Waals surface area contributed by atoms with Crippen molar-refractivity contribution < 1.29 is 23.8 Å². The molecule has 0 aliphatic carbocycles. The quantitative estimate of drug-likeness (QED) is 0.121. The second-order valence-corrected chi connectivity index (χ2v) is 10.9. The van der Waals surface area contributed by atoms with Crippen molar-refractivity contribution in [3.8, 4) is 17.2 Å². The number of carbonyl (C=O) groups excluding carboxylic acids is 2. The molecule has 0 saturated carbocycles. The maximum absolute atomic E-state index is 13.2. The Labute approximate surface area is 270 Å². The van der Waals surface area contributed by atoms with Crippen LogP contribution in [0.4, 0.5) is 0 Å². The van der Waals surface area contributed by atoms with Crippen molar-refractivity contribution >= 4 is 52.8 Å². The molecule has 44 heavy (non-hydrogen) atoms. The molecule has 0 fully saturated rings. The first-order valence-corrected chi connectivity index (χ1v) is 14.7. The molecule has 0 unspecified atom stereocenters. The van der Waals surface area contributed by atoms with E-state index in [1.807, 2.05) is 48.5 Å². The van der Waals surface area contributed by atoms with Gasteiger partial charge in [0.2, 0.25) is 0 Å². The minimum absolute atomic E-state index is 0.230. The van der Waals surface area contributed by atoms with Gasteiger partial charge in [-0.05, 0) is 60.5 Å². The molecule has 0 heterocycles. The highest BCUT2D eigenvalue weighted by Gasteiger charge is 2.25. The fraction of sp³-hybridized carbons (Fsp3) is 0.182. The number of amides is 2. The number of carbonyl (C=O) groups is 2. The molecule has 0 radical (unpaired) electrons. The van der Waals surface area contributed by atoms with Gasteiger partial charge in [0.05, 0.1) is 18.3 Å². The molecule has 0 aromatic heterocycles. The second-order valence-electron chi connectivity index (χ2n) is 9.61. The summed E-state index contributed by atoms with van der Waals surface area (Å²) in [4.78, 5) is 26.2. The molecule has 2 N–H and O–H groups in total. The second kappa shape index (κ2) is 16.0. The Balaban J connectivity index is 1.41. The van der Waals surface area contributed by atoms with Gasteiger partial charge in [0.25, 0.3) is 11.8 Å². The lowest BCUT2D eigenvalue weighted by atomic mass is 10.1. The van der Waals surface area contributed by atoms with Crippen molar-refractivity contribution in [1.29, 1.82) is 0 Å². The first-order chi connectivity index (χ1) is 21.2. The number of halogens is 3. The van der Waals surface area contributed by atoms with Gasteiger partial charge in [0.15, 0.2) is 17.6 Å². The van der Waals surface area contributed by atoms with Crippen LogP contribution in [0, 0.1) is 0 Å². The van der Waals surface area contributed by atoms with E-state index in [1.165, 1.54) is 19.4 Å². The summed E-state index contributed by atoms with van der Waals surface area (Å²) in [7, 11) is 1.53. The molecule has 0 bridgehead atoms. The molecular weight excluding hydrogens is 625 g/mol. The van der Waals surface area contributed by atoms with E-state index in [-0.39, 0.29) is 18.1 Å². The normalized spacial score (nSPS) is 12.3. The third-order valence-corrected chi connectivity index (χ3v) is 7.30. The van der Waals surface area contributed by atoms with Gasteiger partial charge >= 0.3 is 0 Å². The van der Waals surface area contributed by atoms with Crippen LogP contribution in [0.1, 0.15) is 23.6 Å². The Morgan fingerprint density at radius 3 is 2.30 bits per heavy atom. The minimum Gasteiger partial charge on any atom is -0.493 e. The number of nitrogens with zero attached hydrogens (tertiary/aromatic N) is 1. The molecule has 2 atom stereocenters. The highest BCUT2D eigenvalue weighted by Crippen LogP contribution is 2.30. The van der Waals surface area contributed by atoms with E-state index in [2.05, 4.69) is 15.8 Å².